The van der Waals surface area contributed by atoms with Gasteiger partial charge in [-0.2, -0.15) is 5.10 Å². The molecule has 0 radical (unpaired) electrons. The van der Waals surface area contributed by atoms with E-state index in [-0.39, 0.29) is 12.5 Å². The highest BCUT2D eigenvalue weighted by Gasteiger charge is 2.07. The fraction of sp³-hybridized carbons (Fsp3) is 0.158. The molecular formula is C19H19N3O2. The third kappa shape index (κ3) is 3.52. The molecule has 24 heavy (non-hydrogen) atoms. The number of nitrogens with one attached hydrogen (secondary N) is 1. The van der Waals surface area contributed by atoms with E-state index in [9.17, 15) is 9.90 Å². The number of carbonyl (C=O) groups is 1. The van der Waals surface area contributed by atoms with Crippen LogP contribution >= 0.6 is 0 Å². The van der Waals surface area contributed by atoms with Gasteiger partial charge in [0.1, 0.15) is 0 Å². The topological polar surface area (TPSA) is 67.2 Å². The van der Waals surface area contributed by atoms with Gasteiger partial charge in [-0.1, -0.05) is 24.3 Å². The highest BCUT2D eigenvalue weighted by molar-refractivity contribution is 5.94. The summed E-state index contributed by atoms with van der Waals surface area (Å²) in [6.07, 6.45) is 3.72. The summed E-state index contributed by atoms with van der Waals surface area (Å²) in [7, 11) is 0. The lowest BCUT2D eigenvalue weighted by Crippen LogP contribution is -2.23. The van der Waals surface area contributed by atoms with Gasteiger partial charge in [-0.05, 0) is 47.9 Å². The van der Waals surface area contributed by atoms with E-state index in [1.165, 1.54) is 0 Å². The maximum absolute atomic E-state index is 12.3. The van der Waals surface area contributed by atoms with Crippen molar-refractivity contribution in [2.75, 3.05) is 0 Å². The third-order valence-corrected chi connectivity index (χ3v) is 3.83. The van der Waals surface area contributed by atoms with Crippen LogP contribution in [0.5, 0.6) is 0 Å². The quantitative estimate of drug-likeness (QED) is 0.759. The molecule has 0 atom stereocenters. The van der Waals surface area contributed by atoms with E-state index in [2.05, 4.69) is 10.4 Å². The molecule has 5 heteroatoms. The molecule has 0 saturated carbocycles. The van der Waals surface area contributed by atoms with Gasteiger partial charge >= 0.3 is 0 Å². The van der Waals surface area contributed by atoms with Crippen LogP contribution in [-0.2, 0) is 13.2 Å². The van der Waals surface area contributed by atoms with Crippen molar-refractivity contribution < 1.29 is 9.90 Å². The summed E-state index contributed by atoms with van der Waals surface area (Å²) in [4.78, 5) is 12.3. The molecule has 0 bridgehead atoms. The van der Waals surface area contributed by atoms with Gasteiger partial charge in [0.05, 0.1) is 18.5 Å². The fourth-order valence-electron chi connectivity index (χ4n) is 2.48. The average Bonchev–Trinajstić information content (AvgIpc) is 3.06. The maximum Gasteiger partial charge on any atom is 0.251 e. The molecule has 2 N–H and O–H groups in total. The Morgan fingerprint density at radius 1 is 1.12 bits per heavy atom. The number of hydrogen-bond donors (Lipinski definition) is 2. The van der Waals surface area contributed by atoms with Crippen LogP contribution in [0.3, 0.4) is 0 Å². The molecule has 5 nitrogen and oxygen atoms in total. The Bertz CT molecular complexity index is 838. The van der Waals surface area contributed by atoms with E-state index in [1.54, 1.807) is 23.0 Å². The number of amides is 1. The number of nitrogens with zero attached hydrogens (tertiary/aromatic N) is 2. The van der Waals surface area contributed by atoms with E-state index in [0.29, 0.717) is 12.1 Å². The van der Waals surface area contributed by atoms with Gasteiger partial charge in [-0.15, -0.1) is 0 Å². The van der Waals surface area contributed by atoms with E-state index in [1.807, 2.05) is 49.5 Å². The number of aliphatic hydroxyl groups is 1. The van der Waals surface area contributed by atoms with E-state index < -0.39 is 0 Å². The summed E-state index contributed by atoms with van der Waals surface area (Å²) < 4.78 is 1.77. The van der Waals surface area contributed by atoms with Crippen LogP contribution in [0, 0.1) is 6.92 Å². The van der Waals surface area contributed by atoms with Crippen molar-refractivity contribution in [2.24, 2.45) is 0 Å². The van der Waals surface area contributed by atoms with Crippen molar-refractivity contribution in [2.45, 2.75) is 20.1 Å². The first-order valence-electron chi connectivity index (χ1n) is 7.75. The second-order valence-corrected chi connectivity index (χ2v) is 5.62. The van der Waals surface area contributed by atoms with Crippen molar-refractivity contribution in [3.63, 3.8) is 0 Å². The number of rotatable bonds is 5. The van der Waals surface area contributed by atoms with Gasteiger partial charge in [0.15, 0.2) is 0 Å². The first kappa shape index (κ1) is 16.0. The molecule has 1 amide bonds. The van der Waals surface area contributed by atoms with Gasteiger partial charge in [-0.3, -0.25) is 4.79 Å². The minimum Gasteiger partial charge on any atom is -0.392 e. The number of aromatic nitrogens is 2. The van der Waals surface area contributed by atoms with Crippen LogP contribution in [0.4, 0.5) is 0 Å². The van der Waals surface area contributed by atoms with Gasteiger partial charge in [0, 0.05) is 18.3 Å². The smallest absolute Gasteiger partial charge is 0.251 e. The number of carbonyl (C=O) groups excluding carboxylic acids is 1. The standard InChI is InChI=1S/C19H19N3O2/c1-14-10-21-22(12-14)18-8-6-15(7-9-18)19(24)20-11-16-4-2-3-5-17(16)13-23/h2-10,12,23H,11,13H2,1H3,(H,20,24). The molecule has 3 aromatic rings. The summed E-state index contributed by atoms with van der Waals surface area (Å²) >= 11 is 0. The summed E-state index contributed by atoms with van der Waals surface area (Å²) in [6.45, 7) is 2.33. The Balaban J connectivity index is 1.67. The van der Waals surface area contributed by atoms with Crippen molar-refractivity contribution in [3.05, 3.63) is 83.2 Å². The lowest BCUT2D eigenvalue weighted by atomic mass is 10.1. The van der Waals surface area contributed by atoms with E-state index in [0.717, 1.165) is 22.4 Å². The van der Waals surface area contributed by atoms with Crippen LogP contribution < -0.4 is 5.32 Å². The van der Waals surface area contributed by atoms with Crippen LogP contribution in [0.15, 0.2) is 60.9 Å². The number of benzene rings is 2. The normalized spacial score (nSPS) is 10.6. The highest BCUT2D eigenvalue weighted by Crippen LogP contribution is 2.11. The summed E-state index contributed by atoms with van der Waals surface area (Å²) in [5, 5.41) is 16.4. The summed E-state index contributed by atoms with van der Waals surface area (Å²) in [6, 6.07) is 14.8. The third-order valence-electron chi connectivity index (χ3n) is 3.83. The first-order valence-corrected chi connectivity index (χ1v) is 7.75. The molecule has 0 spiro atoms. The SMILES string of the molecule is Cc1cnn(-c2ccc(C(=O)NCc3ccccc3CO)cc2)c1. The largest absolute Gasteiger partial charge is 0.392 e. The minimum absolute atomic E-state index is 0.0377. The lowest BCUT2D eigenvalue weighted by Gasteiger charge is -2.09. The van der Waals surface area contributed by atoms with Crippen LogP contribution in [0.2, 0.25) is 0 Å². The van der Waals surface area contributed by atoms with E-state index in [4.69, 9.17) is 0 Å². The average molecular weight is 321 g/mol. The van der Waals surface area contributed by atoms with Gasteiger partial charge < -0.3 is 10.4 Å². The molecule has 0 aliphatic heterocycles. The van der Waals surface area contributed by atoms with Crippen molar-refractivity contribution >= 4 is 5.91 Å². The highest BCUT2D eigenvalue weighted by atomic mass is 16.3. The predicted octanol–water partition coefficient (Wildman–Crippen LogP) is 2.60. The van der Waals surface area contributed by atoms with Crippen molar-refractivity contribution in [3.8, 4) is 5.69 Å². The second-order valence-electron chi connectivity index (χ2n) is 5.62. The molecule has 0 unspecified atom stereocenters. The molecule has 1 aromatic heterocycles. The Morgan fingerprint density at radius 3 is 2.46 bits per heavy atom. The van der Waals surface area contributed by atoms with Gasteiger partial charge in [0.25, 0.3) is 5.91 Å². The zero-order chi connectivity index (χ0) is 16.9. The second kappa shape index (κ2) is 7.10. The summed E-state index contributed by atoms with van der Waals surface area (Å²) in [5.41, 5.74) is 4.31. The van der Waals surface area contributed by atoms with Gasteiger partial charge in [-0.25, -0.2) is 4.68 Å². The molecule has 3 rings (SSSR count). The molecular weight excluding hydrogens is 302 g/mol. The minimum atomic E-state index is -0.147. The molecule has 0 saturated heterocycles. The maximum atomic E-state index is 12.3. The molecule has 0 aliphatic carbocycles. The van der Waals surface area contributed by atoms with Gasteiger partial charge in [0.2, 0.25) is 0 Å². The predicted molar refractivity (Wildman–Crippen MR) is 91.8 cm³/mol. The fourth-order valence-corrected chi connectivity index (χ4v) is 2.48. The summed E-state index contributed by atoms with van der Waals surface area (Å²) in [5.74, 6) is -0.147. The first-order chi connectivity index (χ1) is 11.7. The molecule has 122 valence electrons. The number of hydrogen-bond acceptors (Lipinski definition) is 3. The zero-order valence-electron chi connectivity index (χ0n) is 13.4. The molecule has 0 aliphatic rings. The zero-order valence-corrected chi connectivity index (χ0v) is 13.4. The Kier molecular flexibility index (Phi) is 4.72. The Morgan fingerprint density at radius 2 is 1.83 bits per heavy atom. The Labute approximate surface area is 140 Å². The Hall–Kier alpha value is -2.92. The molecule has 1 heterocycles. The van der Waals surface area contributed by atoms with Crippen LogP contribution in [-0.4, -0.2) is 20.8 Å². The van der Waals surface area contributed by atoms with Crippen molar-refractivity contribution in [1.82, 2.24) is 15.1 Å². The molecule has 2 aromatic carbocycles. The number of aliphatic hydroxyl groups excluding tert-OH is 1. The monoisotopic (exact) mass is 321 g/mol. The lowest BCUT2D eigenvalue weighted by molar-refractivity contribution is 0.0950. The number of aryl methyl sites for hydroxylation is 1. The molecule has 0 fully saturated rings. The van der Waals surface area contributed by atoms with E-state index >= 15 is 0 Å². The van der Waals surface area contributed by atoms with Crippen molar-refractivity contribution in [1.29, 1.82) is 0 Å². The van der Waals surface area contributed by atoms with Crippen LogP contribution in [0.25, 0.3) is 5.69 Å². The van der Waals surface area contributed by atoms with Crippen LogP contribution in [0.1, 0.15) is 27.0 Å².